The topological polar surface area (TPSA) is 62.9 Å². The average Bonchev–Trinajstić information content (AvgIpc) is 2.86. The number of nitrogens with zero attached hydrogens (tertiary/aromatic N) is 4. The third-order valence-electron chi connectivity index (χ3n) is 4.84. The molecule has 1 saturated heterocycles. The number of halogens is 3. The quantitative estimate of drug-likeness (QED) is 0.780. The molecule has 1 heterocycles. The maximum atomic E-state index is 13.5. The summed E-state index contributed by atoms with van der Waals surface area (Å²) in [4.78, 5) is 7.70. The number of aliphatic imine (C=N–C) groups is 1. The van der Waals surface area contributed by atoms with Crippen LogP contribution >= 0.6 is 0 Å². The van der Waals surface area contributed by atoms with Crippen molar-refractivity contribution in [1.82, 2.24) is 0 Å². The van der Waals surface area contributed by atoms with Gasteiger partial charge in [-0.25, -0.2) is 0 Å². The minimum absolute atomic E-state index is 0.0968. The van der Waals surface area contributed by atoms with Crippen LogP contribution < -0.4 is 9.80 Å². The average molecular weight is 400 g/mol. The van der Waals surface area contributed by atoms with Gasteiger partial charge in [0.05, 0.1) is 22.7 Å². The number of phenolic OH excluding ortho intramolecular Hbond substituents is 1. The lowest BCUT2D eigenvalue weighted by atomic mass is 10.0. The molecule has 0 amide bonds. The number of amidine groups is 1. The van der Waals surface area contributed by atoms with Crippen molar-refractivity contribution < 1.29 is 18.3 Å². The van der Waals surface area contributed by atoms with E-state index < -0.39 is 22.8 Å². The van der Waals surface area contributed by atoms with Gasteiger partial charge in [-0.2, -0.15) is 18.4 Å². The molecule has 1 fully saturated rings. The smallest absolute Gasteiger partial charge is 0.417 e. The van der Waals surface area contributed by atoms with E-state index in [1.165, 1.54) is 18.2 Å². The molecule has 0 radical (unpaired) electrons. The molecule has 0 spiro atoms. The van der Waals surface area contributed by atoms with Crippen LogP contribution in [-0.2, 0) is 6.18 Å². The Labute approximate surface area is 166 Å². The van der Waals surface area contributed by atoms with Crippen molar-refractivity contribution in [2.45, 2.75) is 25.6 Å². The maximum absolute atomic E-state index is 13.5. The van der Waals surface area contributed by atoms with Gasteiger partial charge in [-0.1, -0.05) is 6.58 Å². The van der Waals surface area contributed by atoms with Crippen molar-refractivity contribution in [3.63, 3.8) is 0 Å². The largest absolute Gasteiger partial charge is 0.508 e. The number of alkyl halides is 3. The van der Waals surface area contributed by atoms with Crippen LogP contribution in [-0.4, -0.2) is 23.5 Å². The Balaban J connectivity index is 2.16. The standard InChI is InChI=1S/C21H19F3N4O/c1-13-27(16-6-5-14(12-25)18(11-16)21(22,23)24)19(26-4)20(2,3)28(13)15-7-9-17(29)10-8-15/h5-11,29H,1H2,2-4H3. The van der Waals surface area contributed by atoms with E-state index in [2.05, 4.69) is 11.6 Å². The van der Waals surface area contributed by atoms with Crippen molar-refractivity contribution >= 4 is 17.2 Å². The molecule has 0 aliphatic carbocycles. The first kappa shape index (κ1) is 20.3. The zero-order valence-corrected chi connectivity index (χ0v) is 16.1. The molecule has 150 valence electrons. The summed E-state index contributed by atoms with van der Waals surface area (Å²) < 4.78 is 40.4. The molecule has 2 aromatic carbocycles. The van der Waals surface area contributed by atoms with Gasteiger partial charge in [-0.3, -0.25) is 9.89 Å². The Bertz CT molecular complexity index is 1030. The van der Waals surface area contributed by atoms with Gasteiger partial charge in [0.2, 0.25) is 0 Å². The van der Waals surface area contributed by atoms with Crippen LogP contribution in [0.4, 0.5) is 24.5 Å². The van der Waals surface area contributed by atoms with E-state index in [1.807, 2.05) is 18.7 Å². The lowest BCUT2D eigenvalue weighted by Crippen LogP contribution is -2.43. The molecule has 0 atom stereocenters. The van der Waals surface area contributed by atoms with Crippen molar-refractivity contribution in [3.8, 4) is 11.8 Å². The molecule has 2 aromatic rings. The van der Waals surface area contributed by atoms with Crippen LogP contribution in [0.3, 0.4) is 0 Å². The highest BCUT2D eigenvalue weighted by Gasteiger charge is 2.47. The van der Waals surface area contributed by atoms with Gasteiger partial charge < -0.3 is 10.0 Å². The normalized spacial score (nSPS) is 17.7. The highest BCUT2D eigenvalue weighted by molar-refractivity contribution is 6.13. The number of hydrogen-bond acceptors (Lipinski definition) is 4. The fourth-order valence-electron chi connectivity index (χ4n) is 3.64. The zero-order valence-electron chi connectivity index (χ0n) is 16.1. The second kappa shape index (κ2) is 6.85. The van der Waals surface area contributed by atoms with Crippen molar-refractivity contribution in [1.29, 1.82) is 5.26 Å². The van der Waals surface area contributed by atoms with Crippen molar-refractivity contribution in [2.75, 3.05) is 16.8 Å². The van der Waals surface area contributed by atoms with E-state index >= 15 is 0 Å². The molecule has 0 bridgehead atoms. The van der Waals surface area contributed by atoms with Crippen LogP contribution in [0.2, 0.25) is 0 Å². The van der Waals surface area contributed by atoms with Crippen LogP contribution in [0.1, 0.15) is 25.0 Å². The number of phenols is 1. The molecular formula is C21H19F3N4O. The summed E-state index contributed by atoms with van der Waals surface area (Å²) in [7, 11) is 1.56. The van der Waals surface area contributed by atoms with Crippen LogP contribution in [0, 0.1) is 11.3 Å². The molecule has 29 heavy (non-hydrogen) atoms. The van der Waals surface area contributed by atoms with Gasteiger partial charge >= 0.3 is 6.18 Å². The predicted octanol–water partition coefficient (Wildman–Crippen LogP) is 4.89. The first-order valence-corrected chi connectivity index (χ1v) is 8.69. The van der Waals surface area contributed by atoms with Crippen LogP contribution in [0.25, 0.3) is 0 Å². The van der Waals surface area contributed by atoms with E-state index in [0.29, 0.717) is 17.3 Å². The molecule has 1 aliphatic heterocycles. The summed E-state index contributed by atoms with van der Waals surface area (Å²) >= 11 is 0. The minimum atomic E-state index is -4.67. The highest BCUT2D eigenvalue weighted by atomic mass is 19.4. The van der Waals surface area contributed by atoms with E-state index in [1.54, 1.807) is 30.1 Å². The molecule has 1 N–H and O–H groups in total. The second-order valence-corrected chi connectivity index (χ2v) is 7.05. The fourth-order valence-corrected chi connectivity index (χ4v) is 3.64. The van der Waals surface area contributed by atoms with Crippen LogP contribution in [0.15, 0.2) is 59.9 Å². The lowest BCUT2D eigenvalue weighted by molar-refractivity contribution is -0.137. The first-order chi connectivity index (χ1) is 13.5. The van der Waals surface area contributed by atoms with Gasteiger partial charge in [0, 0.05) is 18.4 Å². The summed E-state index contributed by atoms with van der Waals surface area (Å²) in [5, 5.41) is 18.6. The zero-order chi connectivity index (χ0) is 21.6. The van der Waals surface area contributed by atoms with Gasteiger partial charge in [-0.15, -0.1) is 0 Å². The Morgan fingerprint density at radius 3 is 2.21 bits per heavy atom. The summed E-state index contributed by atoms with van der Waals surface area (Å²) in [6.07, 6.45) is -4.67. The Kier molecular flexibility index (Phi) is 4.79. The van der Waals surface area contributed by atoms with E-state index in [0.717, 1.165) is 12.1 Å². The molecule has 5 nitrogen and oxygen atoms in total. The SMILES string of the molecule is C=C1N(c2ccc(C#N)c(C(F)(F)F)c2)C(=NC)C(C)(C)N1c1ccc(O)cc1. The Morgan fingerprint density at radius 1 is 1.10 bits per heavy atom. The number of benzene rings is 2. The van der Waals surface area contributed by atoms with Crippen molar-refractivity contribution in [3.05, 3.63) is 66.0 Å². The van der Waals surface area contributed by atoms with Gasteiger partial charge in [0.15, 0.2) is 0 Å². The van der Waals surface area contributed by atoms with Crippen molar-refractivity contribution in [2.24, 2.45) is 4.99 Å². The summed E-state index contributed by atoms with van der Waals surface area (Å²) in [5.41, 5.74) is -1.28. The van der Waals surface area contributed by atoms with E-state index in [4.69, 9.17) is 5.26 Å². The predicted molar refractivity (Wildman–Crippen MR) is 106 cm³/mol. The molecule has 0 saturated carbocycles. The second-order valence-electron chi connectivity index (χ2n) is 7.05. The van der Waals surface area contributed by atoms with E-state index in [9.17, 15) is 18.3 Å². The molecule has 8 heteroatoms. The van der Waals surface area contributed by atoms with E-state index in [-0.39, 0.29) is 11.4 Å². The lowest BCUT2D eigenvalue weighted by Gasteiger charge is -2.31. The van der Waals surface area contributed by atoms with Crippen LogP contribution in [0.5, 0.6) is 5.75 Å². The number of nitriles is 1. The molecule has 3 rings (SSSR count). The maximum Gasteiger partial charge on any atom is 0.417 e. The first-order valence-electron chi connectivity index (χ1n) is 8.69. The monoisotopic (exact) mass is 400 g/mol. The number of anilines is 2. The minimum Gasteiger partial charge on any atom is -0.508 e. The number of rotatable bonds is 2. The summed E-state index contributed by atoms with van der Waals surface area (Å²) in [6, 6.07) is 11.5. The number of aromatic hydroxyl groups is 1. The molecular weight excluding hydrogens is 381 g/mol. The third kappa shape index (κ3) is 3.29. The molecule has 1 aliphatic rings. The fraction of sp³-hybridized carbons (Fsp3) is 0.238. The molecule has 0 aromatic heterocycles. The molecule has 0 unspecified atom stereocenters. The van der Waals surface area contributed by atoms with Gasteiger partial charge in [0.25, 0.3) is 0 Å². The Morgan fingerprint density at radius 2 is 1.69 bits per heavy atom. The third-order valence-corrected chi connectivity index (χ3v) is 4.84. The Hall–Kier alpha value is -3.47. The highest BCUT2D eigenvalue weighted by Crippen LogP contribution is 2.43. The summed E-state index contributed by atoms with van der Waals surface area (Å²) in [6.45, 7) is 7.84. The van der Waals surface area contributed by atoms with Gasteiger partial charge in [0.1, 0.15) is 17.4 Å². The summed E-state index contributed by atoms with van der Waals surface area (Å²) in [5.74, 6) is 0.993. The number of hydrogen-bond donors (Lipinski definition) is 1. The van der Waals surface area contributed by atoms with Gasteiger partial charge in [-0.05, 0) is 56.3 Å².